The van der Waals surface area contributed by atoms with Gasteiger partial charge in [0, 0.05) is 35.3 Å². The third-order valence-electron chi connectivity index (χ3n) is 4.52. The van der Waals surface area contributed by atoms with Gasteiger partial charge in [-0.3, -0.25) is 0 Å². The van der Waals surface area contributed by atoms with Crippen molar-refractivity contribution in [2.75, 3.05) is 0 Å². The van der Waals surface area contributed by atoms with Crippen molar-refractivity contribution in [1.82, 2.24) is 9.72 Å². The van der Waals surface area contributed by atoms with E-state index < -0.39 is 0 Å². The molecule has 0 spiro atoms. The van der Waals surface area contributed by atoms with Gasteiger partial charge in [-0.2, -0.15) is 0 Å². The largest absolute Gasteiger partial charge is 0.507 e. The molecular formula is C20H18N2O2. The monoisotopic (exact) mass is 318 g/mol. The Morgan fingerprint density at radius 2 is 1.83 bits per heavy atom. The second-order valence-corrected chi connectivity index (χ2v) is 6.10. The molecule has 2 aromatic carbocycles. The molecule has 4 nitrogen and oxygen atoms in total. The number of benzene rings is 2. The molecule has 24 heavy (non-hydrogen) atoms. The first kappa shape index (κ1) is 14.6. The Hall–Kier alpha value is -3.01. The molecule has 2 aromatic heterocycles. The number of hydrogen-bond donors (Lipinski definition) is 1. The first-order chi connectivity index (χ1) is 11.6. The number of rotatable bonds is 2. The van der Waals surface area contributed by atoms with Crippen LogP contribution in [0.15, 0.2) is 53.2 Å². The molecule has 0 fully saturated rings. The predicted octanol–water partition coefficient (Wildman–Crippen LogP) is 4.82. The van der Waals surface area contributed by atoms with Gasteiger partial charge in [-0.1, -0.05) is 23.4 Å². The number of para-hydroxylation sites is 1. The molecule has 0 saturated carbocycles. The van der Waals surface area contributed by atoms with Gasteiger partial charge in [-0.15, -0.1) is 0 Å². The van der Waals surface area contributed by atoms with Crippen LogP contribution in [-0.2, 0) is 7.05 Å². The van der Waals surface area contributed by atoms with E-state index in [-0.39, 0.29) is 5.75 Å². The molecule has 0 unspecified atom stereocenters. The fourth-order valence-corrected chi connectivity index (χ4v) is 3.34. The third-order valence-corrected chi connectivity index (χ3v) is 4.52. The van der Waals surface area contributed by atoms with Gasteiger partial charge in [0.1, 0.15) is 11.5 Å². The van der Waals surface area contributed by atoms with Crippen LogP contribution in [0.1, 0.15) is 11.5 Å². The summed E-state index contributed by atoms with van der Waals surface area (Å²) in [5.74, 6) is 1.07. The van der Waals surface area contributed by atoms with Crippen molar-refractivity contribution in [2.24, 2.45) is 7.05 Å². The molecule has 0 radical (unpaired) electrons. The van der Waals surface area contributed by atoms with Crippen LogP contribution < -0.4 is 0 Å². The minimum Gasteiger partial charge on any atom is -0.507 e. The van der Waals surface area contributed by atoms with Crippen LogP contribution in [-0.4, -0.2) is 14.8 Å². The molecule has 4 heteroatoms. The molecule has 4 aromatic rings. The lowest BCUT2D eigenvalue weighted by Gasteiger charge is -2.11. The lowest BCUT2D eigenvalue weighted by molar-refractivity contribution is 0.393. The highest BCUT2D eigenvalue weighted by Crippen LogP contribution is 2.39. The number of aromatic hydroxyl groups is 1. The van der Waals surface area contributed by atoms with Gasteiger partial charge in [0.25, 0.3) is 0 Å². The Kier molecular flexibility index (Phi) is 3.20. The van der Waals surface area contributed by atoms with Crippen LogP contribution >= 0.6 is 0 Å². The SMILES string of the molecule is Cc1noc(C)c1-c1cc(-c2ccccc2O)c2ccn(C)c2c1. The topological polar surface area (TPSA) is 51.2 Å². The van der Waals surface area contributed by atoms with E-state index >= 15 is 0 Å². The number of aryl methyl sites for hydroxylation is 3. The molecule has 0 aliphatic carbocycles. The highest BCUT2D eigenvalue weighted by Gasteiger charge is 2.17. The number of phenolic OH excluding ortho intramolecular Hbond substituents is 1. The zero-order chi connectivity index (χ0) is 16.8. The first-order valence-corrected chi connectivity index (χ1v) is 7.87. The van der Waals surface area contributed by atoms with E-state index in [0.29, 0.717) is 0 Å². The van der Waals surface area contributed by atoms with Crippen LogP contribution in [0.4, 0.5) is 0 Å². The van der Waals surface area contributed by atoms with Crippen LogP contribution in [0.5, 0.6) is 5.75 Å². The van der Waals surface area contributed by atoms with Crippen molar-refractivity contribution in [3.8, 4) is 28.0 Å². The maximum absolute atomic E-state index is 10.3. The lowest BCUT2D eigenvalue weighted by atomic mass is 9.94. The summed E-state index contributed by atoms with van der Waals surface area (Å²) in [6, 6.07) is 13.7. The number of fused-ring (bicyclic) bond motifs is 1. The van der Waals surface area contributed by atoms with Gasteiger partial charge < -0.3 is 14.2 Å². The maximum atomic E-state index is 10.3. The van der Waals surface area contributed by atoms with E-state index in [1.54, 1.807) is 6.07 Å². The quantitative estimate of drug-likeness (QED) is 0.576. The Balaban J connectivity index is 2.08. The van der Waals surface area contributed by atoms with Crippen molar-refractivity contribution in [1.29, 1.82) is 0 Å². The number of hydrogen-bond acceptors (Lipinski definition) is 3. The van der Waals surface area contributed by atoms with Crippen molar-refractivity contribution in [2.45, 2.75) is 13.8 Å². The summed E-state index contributed by atoms with van der Waals surface area (Å²) in [5, 5.41) is 15.5. The summed E-state index contributed by atoms with van der Waals surface area (Å²) in [6.45, 7) is 3.87. The van der Waals surface area contributed by atoms with E-state index in [2.05, 4.69) is 27.9 Å². The molecule has 0 saturated heterocycles. The van der Waals surface area contributed by atoms with E-state index in [4.69, 9.17) is 4.52 Å². The Morgan fingerprint density at radius 1 is 1.04 bits per heavy atom. The van der Waals surface area contributed by atoms with E-state index in [1.165, 1.54) is 0 Å². The Bertz CT molecular complexity index is 1040. The van der Waals surface area contributed by atoms with Gasteiger partial charge in [0.2, 0.25) is 0 Å². The van der Waals surface area contributed by atoms with Crippen molar-refractivity contribution < 1.29 is 9.63 Å². The van der Waals surface area contributed by atoms with Gasteiger partial charge in [-0.25, -0.2) is 0 Å². The van der Waals surface area contributed by atoms with E-state index in [1.807, 2.05) is 45.3 Å². The van der Waals surface area contributed by atoms with Crippen LogP contribution in [0.2, 0.25) is 0 Å². The normalized spacial score (nSPS) is 11.3. The van der Waals surface area contributed by atoms with E-state index in [9.17, 15) is 5.11 Å². The number of nitrogens with zero attached hydrogens (tertiary/aromatic N) is 2. The fourth-order valence-electron chi connectivity index (χ4n) is 3.34. The average Bonchev–Trinajstić information content (AvgIpc) is 3.10. The van der Waals surface area contributed by atoms with Crippen molar-refractivity contribution in [3.63, 3.8) is 0 Å². The maximum Gasteiger partial charge on any atom is 0.141 e. The molecule has 0 aliphatic heterocycles. The molecule has 0 amide bonds. The van der Waals surface area contributed by atoms with Crippen LogP contribution in [0.3, 0.4) is 0 Å². The number of phenols is 1. The molecule has 0 atom stereocenters. The van der Waals surface area contributed by atoms with Crippen LogP contribution in [0, 0.1) is 13.8 Å². The molecule has 2 heterocycles. The Labute approximate surface area is 140 Å². The highest BCUT2D eigenvalue weighted by atomic mass is 16.5. The fraction of sp³-hybridized carbons (Fsp3) is 0.150. The standard InChI is InChI=1S/C20H18N2O2/c1-12-20(13(2)24-21-12)14-10-17(16-6-4-5-7-19(16)23)15-8-9-22(3)18(15)11-14/h4-11,23H,1-3H3. The second-order valence-electron chi connectivity index (χ2n) is 6.10. The zero-order valence-corrected chi connectivity index (χ0v) is 13.9. The molecule has 0 bridgehead atoms. The summed E-state index contributed by atoms with van der Waals surface area (Å²) < 4.78 is 7.42. The van der Waals surface area contributed by atoms with Gasteiger partial charge >= 0.3 is 0 Å². The minimum absolute atomic E-state index is 0.276. The lowest BCUT2D eigenvalue weighted by Crippen LogP contribution is -1.90. The zero-order valence-electron chi connectivity index (χ0n) is 13.9. The second kappa shape index (κ2) is 5.27. The summed E-state index contributed by atoms with van der Waals surface area (Å²) in [4.78, 5) is 0. The summed E-state index contributed by atoms with van der Waals surface area (Å²) in [5.41, 5.74) is 5.84. The Morgan fingerprint density at radius 3 is 2.54 bits per heavy atom. The highest BCUT2D eigenvalue weighted by molar-refractivity contribution is 6.00. The van der Waals surface area contributed by atoms with Crippen LogP contribution in [0.25, 0.3) is 33.2 Å². The first-order valence-electron chi connectivity index (χ1n) is 7.87. The molecule has 4 rings (SSSR count). The molecule has 1 N–H and O–H groups in total. The molecular weight excluding hydrogens is 300 g/mol. The minimum atomic E-state index is 0.276. The van der Waals surface area contributed by atoms with Crippen molar-refractivity contribution >= 4 is 10.9 Å². The third kappa shape index (κ3) is 2.11. The van der Waals surface area contributed by atoms with Gasteiger partial charge in [0.15, 0.2) is 0 Å². The van der Waals surface area contributed by atoms with Gasteiger partial charge in [-0.05, 0) is 49.2 Å². The summed E-state index contributed by atoms with van der Waals surface area (Å²) in [6.07, 6.45) is 2.03. The predicted molar refractivity (Wildman–Crippen MR) is 95.0 cm³/mol. The summed E-state index contributed by atoms with van der Waals surface area (Å²) >= 11 is 0. The number of aromatic nitrogens is 2. The van der Waals surface area contributed by atoms with E-state index in [0.717, 1.165) is 44.6 Å². The molecule has 120 valence electrons. The summed E-state index contributed by atoms with van der Waals surface area (Å²) in [7, 11) is 2.02. The van der Waals surface area contributed by atoms with Crippen molar-refractivity contribution in [3.05, 3.63) is 60.1 Å². The smallest absolute Gasteiger partial charge is 0.141 e. The average molecular weight is 318 g/mol. The molecule has 0 aliphatic rings. The van der Waals surface area contributed by atoms with Gasteiger partial charge in [0.05, 0.1) is 5.69 Å².